The van der Waals surface area contributed by atoms with E-state index >= 15 is 0 Å². The summed E-state index contributed by atoms with van der Waals surface area (Å²) in [5.74, 6) is 0.928. The number of benzene rings is 1. The third-order valence-electron chi connectivity index (χ3n) is 2.71. The minimum atomic E-state index is -0.139. The lowest BCUT2D eigenvalue weighted by atomic mass is 10.1. The molecule has 0 aromatic heterocycles. The molecule has 0 heterocycles. The van der Waals surface area contributed by atoms with Gasteiger partial charge in [-0.2, -0.15) is 0 Å². The van der Waals surface area contributed by atoms with Gasteiger partial charge in [-0.25, -0.2) is 5.11 Å². The van der Waals surface area contributed by atoms with Gasteiger partial charge in [0.15, 0.2) is 0 Å². The van der Waals surface area contributed by atoms with E-state index in [2.05, 4.69) is 32.9 Å². The highest BCUT2D eigenvalue weighted by atomic mass is 16.5. The number of hydrogen-bond acceptors (Lipinski definition) is 1. The molecule has 2 nitrogen and oxygen atoms in total. The first-order chi connectivity index (χ1) is 8.51. The van der Waals surface area contributed by atoms with E-state index in [4.69, 9.17) is 4.74 Å². The zero-order chi connectivity index (χ0) is 13.4. The van der Waals surface area contributed by atoms with Gasteiger partial charge in [0.05, 0.1) is 6.61 Å². The molecular formula is C16H25O2. The van der Waals surface area contributed by atoms with Gasteiger partial charge in [-0.15, -0.1) is 0 Å². The first kappa shape index (κ1) is 15.0. The molecule has 0 aliphatic rings. The van der Waals surface area contributed by atoms with Crippen molar-refractivity contribution >= 4 is 0 Å². The number of ether oxygens (including phenoxy) is 1. The van der Waals surface area contributed by atoms with Crippen molar-refractivity contribution in [3.05, 3.63) is 29.8 Å². The van der Waals surface area contributed by atoms with Crippen molar-refractivity contribution in [1.29, 1.82) is 0 Å². The molecule has 18 heavy (non-hydrogen) atoms. The second-order valence-corrected chi connectivity index (χ2v) is 5.73. The van der Waals surface area contributed by atoms with Gasteiger partial charge in [0.25, 0.3) is 0 Å². The Morgan fingerprint density at radius 1 is 0.944 bits per heavy atom. The Balaban J connectivity index is 2.32. The Labute approximate surface area is 111 Å². The highest BCUT2D eigenvalue weighted by Gasteiger charge is 2.11. The van der Waals surface area contributed by atoms with Crippen molar-refractivity contribution in [3.8, 4) is 5.75 Å². The zero-order valence-electron chi connectivity index (χ0n) is 11.9. The number of unbranched alkanes of at least 4 members (excludes halogenated alkanes) is 3. The predicted molar refractivity (Wildman–Crippen MR) is 74.5 cm³/mol. The fourth-order valence-corrected chi connectivity index (χ4v) is 1.86. The van der Waals surface area contributed by atoms with Gasteiger partial charge in [0, 0.05) is 0 Å². The van der Waals surface area contributed by atoms with E-state index in [-0.39, 0.29) is 12.2 Å². The van der Waals surface area contributed by atoms with Crippen LogP contribution >= 0.6 is 0 Å². The van der Waals surface area contributed by atoms with E-state index in [0.29, 0.717) is 0 Å². The monoisotopic (exact) mass is 249 g/mol. The molecule has 1 aromatic carbocycles. The average Bonchev–Trinajstić information content (AvgIpc) is 2.29. The van der Waals surface area contributed by atoms with Crippen LogP contribution < -0.4 is 4.74 Å². The molecule has 101 valence electrons. The minimum Gasteiger partial charge on any atom is -0.488 e. The minimum absolute atomic E-state index is 0.0683. The molecule has 1 aromatic rings. The van der Waals surface area contributed by atoms with Crippen LogP contribution in [0.25, 0.3) is 0 Å². The summed E-state index contributed by atoms with van der Waals surface area (Å²) in [5, 5.41) is 10.3. The molecule has 2 heteroatoms. The van der Waals surface area contributed by atoms with E-state index in [9.17, 15) is 5.11 Å². The molecule has 0 bridgehead atoms. The first-order valence-corrected chi connectivity index (χ1v) is 6.87. The van der Waals surface area contributed by atoms with Crippen molar-refractivity contribution < 1.29 is 9.84 Å². The third kappa shape index (κ3) is 6.65. The molecule has 0 fully saturated rings. The van der Waals surface area contributed by atoms with Gasteiger partial charge in [-0.05, 0) is 57.7 Å². The van der Waals surface area contributed by atoms with Gasteiger partial charge in [-0.3, -0.25) is 0 Å². The van der Waals surface area contributed by atoms with Gasteiger partial charge in [0.2, 0.25) is 0 Å². The largest absolute Gasteiger partial charge is 0.488 e. The van der Waals surface area contributed by atoms with Gasteiger partial charge < -0.3 is 4.74 Å². The molecule has 0 N–H and O–H groups in total. The average molecular weight is 249 g/mol. The lowest BCUT2D eigenvalue weighted by Crippen LogP contribution is -2.22. The summed E-state index contributed by atoms with van der Waals surface area (Å²) in [6.07, 6.45) is 5.30. The summed E-state index contributed by atoms with van der Waals surface area (Å²) in [5.41, 5.74) is 1.21. The van der Waals surface area contributed by atoms with Gasteiger partial charge in [0.1, 0.15) is 11.4 Å². The predicted octanol–water partition coefficient (Wildman–Crippen LogP) is 4.40. The molecule has 0 saturated carbocycles. The van der Waals surface area contributed by atoms with E-state index in [1.54, 1.807) is 0 Å². The standard InChI is InChI=1S/C16H25O2/c1-16(2,3)18-15-11-9-14(10-12-15)8-6-4-5-7-13-17/h9-12H,4-8,13H2,1-3H3. The summed E-state index contributed by atoms with van der Waals surface area (Å²) < 4.78 is 5.78. The summed E-state index contributed by atoms with van der Waals surface area (Å²) in [7, 11) is 0. The van der Waals surface area contributed by atoms with Crippen LogP contribution in [0.15, 0.2) is 24.3 Å². The molecule has 1 radical (unpaired) electrons. The SMILES string of the molecule is CC(C)(C)Oc1ccc(CCCCCC[O])cc1. The Bertz CT molecular complexity index is 322. The van der Waals surface area contributed by atoms with Crippen molar-refractivity contribution in [3.63, 3.8) is 0 Å². The summed E-state index contributed by atoms with van der Waals surface area (Å²) in [6.45, 7) is 6.23. The molecule has 0 saturated heterocycles. The van der Waals surface area contributed by atoms with Gasteiger partial charge in [-0.1, -0.05) is 25.0 Å². The van der Waals surface area contributed by atoms with E-state index in [1.807, 2.05) is 12.1 Å². The van der Waals surface area contributed by atoms with Crippen molar-refractivity contribution in [1.82, 2.24) is 0 Å². The van der Waals surface area contributed by atoms with Crippen molar-refractivity contribution in [2.24, 2.45) is 0 Å². The zero-order valence-corrected chi connectivity index (χ0v) is 11.9. The summed E-state index contributed by atoms with van der Waals surface area (Å²) in [4.78, 5) is 0. The molecule has 0 amide bonds. The van der Waals surface area contributed by atoms with Crippen LogP contribution in [-0.2, 0) is 11.5 Å². The normalized spacial score (nSPS) is 11.6. The molecule has 0 unspecified atom stereocenters. The fourth-order valence-electron chi connectivity index (χ4n) is 1.86. The topological polar surface area (TPSA) is 29.1 Å². The maximum Gasteiger partial charge on any atom is 0.120 e. The van der Waals surface area contributed by atoms with Crippen molar-refractivity contribution in [2.45, 2.75) is 58.5 Å². The maximum absolute atomic E-state index is 10.3. The van der Waals surface area contributed by atoms with E-state index < -0.39 is 0 Å². The number of aryl methyl sites for hydroxylation is 1. The quantitative estimate of drug-likeness (QED) is 0.659. The van der Waals surface area contributed by atoms with Gasteiger partial charge >= 0.3 is 0 Å². The molecule has 0 atom stereocenters. The second kappa shape index (κ2) is 7.42. The molecule has 0 aliphatic heterocycles. The number of rotatable bonds is 7. The van der Waals surface area contributed by atoms with Crippen LogP contribution in [0.5, 0.6) is 5.75 Å². The van der Waals surface area contributed by atoms with Crippen LogP contribution in [0.4, 0.5) is 0 Å². The van der Waals surface area contributed by atoms with Crippen LogP contribution in [0.3, 0.4) is 0 Å². The van der Waals surface area contributed by atoms with E-state index in [0.717, 1.165) is 31.4 Å². The fraction of sp³-hybridized carbons (Fsp3) is 0.625. The maximum atomic E-state index is 10.3. The molecule has 0 spiro atoms. The van der Waals surface area contributed by atoms with Crippen molar-refractivity contribution in [2.75, 3.05) is 6.61 Å². The molecular weight excluding hydrogens is 224 g/mol. The Morgan fingerprint density at radius 3 is 2.11 bits per heavy atom. The summed E-state index contributed by atoms with van der Waals surface area (Å²) >= 11 is 0. The highest BCUT2D eigenvalue weighted by Crippen LogP contribution is 2.19. The Kier molecular flexibility index (Phi) is 6.20. The number of hydrogen-bond donors (Lipinski definition) is 0. The lowest BCUT2D eigenvalue weighted by Gasteiger charge is -2.21. The first-order valence-electron chi connectivity index (χ1n) is 6.87. The summed E-state index contributed by atoms with van der Waals surface area (Å²) in [6, 6.07) is 8.35. The Morgan fingerprint density at radius 2 is 1.56 bits per heavy atom. The third-order valence-corrected chi connectivity index (χ3v) is 2.71. The highest BCUT2D eigenvalue weighted by molar-refractivity contribution is 5.27. The Hall–Kier alpha value is -1.02. The van der Waals surface area contributed by atoms with Crippen LogP contribution in [0.1, 0.15) is 52.0 Å². The van der Waals surface area contributed by atoms with Crippen LogP contribution in [0, 0.1) is 0 Å². The molecule has 1 rings (SSSR count). The second-order valence-electron chi connectivity index (χ2n) is 5.73. The van der Waals surface area contributed by atoms with Crippen LogP contribution in [0.2, 0.25) is 0 Å². The van der Waals surface area contributed by atoms with Crippen LogP contribution in [-0.4, -0.2) is 12.2 Å². The van der Waals surface area contributed by atoms with E-state index in [1.165, 1.54) is 12.0 Å². The smallest absolute Gasteiger partial charge is 0.120 e. The lowest BCUT2D eigenvalue weighted by molar-refractivity contribution is 0.131. The molecule has 0 aliphatic carbocycles.